The van der Waals surface area contributed by atoms with Gasteiger partial charge in [-0.05, 0) is 56.5 Å². The third-order valence-corrected chi connectivity index (χ3v) is 5.77. The van der Waals surface area contributed by atoms with Crippen LogP contribution in [0.25, 0.3) is 11.0 Å². The summed E-state index contributed by atoms with van der Waals surface area (Å²) in [6.45, 7) is 7.23. The van der Waals surface area contributed by atoms with Crippen molar-refractivity contribution in [3.05, 3.63) is 52.6 Å². The molecule has 0 saturated carbocycles. The van der Waals surface area contributed by atoms with Crippen LogP contribution in [0, 0.1) is 25.2 Å². The number of rotatable bonds is 3. The molecule has 0 amide bonds. The van der Waals surface area contributed by atoms with Gasteiger partial charge in [-0.2, -0.15) is 5.26 Å². The smallest absolute Gasteiger partial charge is 0.120 e. The van der Waals surface area contributed by atoms with Gasteiger partial charge in [0.05, 0.1) is 11.0 Å². The number of likely N-dealkylation sites (tertiary alicyclic amines) is 1. The van der Waals surface area contributed by atoms with E-state index in [0.29, 0.717) is 5.92 Å². The quantitative estimate of drug-likeness (QED) is 0.784. The van der Waals surface area contributed by atoms with Gasteiger partial charge >= 0.3 is 0 Å². The van der Waals surface area contributed by atoms with Crippen molar-refractivity contribution in [1.82, 2.24) is 19.4 Å². The monoisotopic (exact) mass is 347 g/mol. The van der Waals surface area contributed by atoms with Crippen LogP contribution in [-0.2, 0) is 13.6 Å². The van der Waals surface area contributed by atoms with Crippen LogP contribution in [-0.4, -0.2) is 32.5 Å². The highest BCUT2D eigenvalue weighted by Crippen LogP contribution is 2.29. The molecule has 1 fully saturated rings. The fourth-order valence-electron chi connectivity index (χ4n) is 4.08. The summed E-state index contributed by atoms with van der Waals surface area (Å²) in [5.74, 6) is 1.55. The number of piperidine rings is 1. The number of hydrogen-bond donors (Lipinski definition) is 1. The van der Waals surface area contributed by atoms with Crippen LogP contribution in [0.15, 0.2) is 24.3 Å². The molecule has 134 valence electrons. The lowest BCUT2D eigenvalue weighted by atomic mass is 9.97. The van der Waals surface area contributed by atoms with Gasteiger partial charge in [-0.1, -0.05) is 12.1 Å². The fraction of sp³-hybridized carbons (Fsp3) is 0.429. The van der Waals surface area contributed by atoms with Crippen LogP contribution in [0.4, 0.5) is 0 Å². The Labute approximate surface area is 154 Å². The highest BCUT2D eigenvalue weighted by Gasteiger charge is 2.25. The molecular formula is C21H25N5. The van der Waals surface area contributed by atoms with Crippen molar-refractivity contribution < 1.29 is 0 Å². The van der Waals surface area contributed by atoms with E-state index in [4.69, 9.17) is 4.98 Å². The van der Waals surface area contributed by atoms with E-state index in [0.717, 1.165) is 42.2 Å². The molecule has 1 saturated heterocycles. The molecule has 1 N–H and O–H groups in total. The van der Waals surface area contributed by atoms with Crippen LogP contribution in [0.5, 0.6) is 0 Å². The van der Waals surface area contributed by atoms with Gasteiger partial charge in [0.2, 0.25) is 0 Å². The Morgan fingerprint density at radius 1 is 1.35 bits per heavy atom. The van der Waals surface area contributed by atoms with Crippen molar-refractivity contribution in [2.24, 2.45) is 7.05 Å². The molecule has 1 aromatic carbocycles. The van der Waals surface area contributed by atoms with E-state index in [1.54, 1.807) is 0 Å². The number of nitrogens with zero attached hydrogens (tertiary/aromatic N) is 4. The fourth-order valence-corrected chi connectivity index (χ4v) is 4.08. The molecule has 0 radical (unpaired) electrons. The molecule has 5 nitrogen and oxygen atoms in total. The molecule has 26 heavy (non-hydrogen) atoms. The van der Waals surface area contributed by atoms with E-state index < -0.39 is 0 Å². The van der Waals surface area contributed by atoms with E-state index in [2.05, 4.69) is 48.0 Å². The molecule has 0 spiro atoms. The number of aryl methyl sites for hydroxylation is 1. The Kier molecular flexibility index (Phi) is 4.29. The molecule has 3 aromatic rings. The molecular weight excluding hydrogens is 322 g/mol. The van der Waals surface area contributed by atoms with Crippen molar-refractivity contribution in [1.29, 1.82) is 5.26 Å². The normalized spacial score (nSPS) is 18.3. The Bertz CT molecular complexity index is 988. The van der Waals surface area contributed by atoms with Gasteiger partial charge < -0.3 is 9.55 Å². The van der Waals surface area contributed by atoms with Gasteiger partial charge in [-0.3, -0.25) is 4.90 Å². The molecule has 3 heterocycles. The summed E-state index contributed by atoms with van der Waals surface area (Å²) >= 11 is 0. The van der Waals surface area contributed by atoms with Gasteiger partial charge in [0.15, 0.2) is 0 Å². The van der Waals surface area contributed by atoms with Crippen molar-refractivity contribution >= 4 is 11.0 Å². The molecule has 5 heteroatoms. The summed E-state index contributed by atoms with van der Waals surface area (Å²) in [7, 11) is 1.97. The minimum atomic E-state index is 0.440. The van der Waals surface area contributed by atoms with E-state index in [1.165, 1.54) is 29.7 Å². The van der Waals surface area contributed by atoms with E-state index >= 15 is 0 Å². The van der Waals surface area contributed by atoms with Gasteiger partial charge in [0.1, 0.15) is 17.6 Å². The number of aromatic nitrogens is 3. The topological polar surface area (TPSA) is 60.6 Å². The highest BCUT2D eigenvalue weighted by molar-refractivity contribution is 5.78. The first-order valence-electron chi connectivity index (χ1n) is 9.29. The minimum absolute atomic E-state index is 0.440. The lowest BCUT2D eigenvalue weighted by molar-refractivity contribution is 0.197. The Hall–Kier alpha value is -2.58. The zero-order valence-corrected chi connectivity index (χ0v) is 15.7. The first-order chi connectivity index (χ1) is 12.6. The number of benzene rings is 1. The number of para-hydroxylation sites is 1. The molecule has 2 aromatic heterocycles. The Morgan fingerprint density at radius 2 is 2.19 bits per heavy atom. The van der Waals surface area contributed by atoms with Crippen molar-refractivity contribution in [3.63, 3.8) is 0 Å². The molecule has 0 unspecified atom stereocenters. The second kappa shape index (κ2) is 6.62. The number of nitrogens with one attached hydrogen (secondary N) is 1. The van der Waals surface area contributed by atoms with Crippen LogP contribution >= 0.6 is 0 Å². The predicted octanol–water partition coefficient (Wildman–Crippen LogP) is 3.77. The van der Waals surface area contributed by atoms with Crippen LogP contribution < -0.4 is 0 Å². The zero-order chi connectivity index (χ0) is 18.3. The average Bonchev–Trinajstić information content (AvgIpc) is 3.20. The highest BCUT2D eigenvalue weighted by atomic mass is 15.1. The zero-order valence-electron chi connectivity index (χ0n) is 15.7. The molecule has 1 aliphatic rings. The number of aromatic amines is 1. The van der Waals surface area contributed by atoms with Gasteiger partial charge in [-0.15, -0.1) is 0 Å². The number of nitriles is 1. The van der Waals surface area contributed by atoms with Crippen molar-refractivity contribution in [3.8, 4) is 6.07 Å². The molecule has 1 aliphatic heterocycles. The summed E-state index contributed by atoms with van der Waals surface area (Å²) in [5, 5.41) is 9.25. The number of fused-ring (bicyclic) bond motifs is 1. The van der Waals surface area contributed by atoms with Gasteiger partial charge in [0, 0.05) is 31.7 Å². The summed E-state index contributed by atoms with van der Waals surface area (Å²) < 4.78 is 1.98. The first kappa shape index (κ1) is 16.9. The van der Waals surface area contributed by atoms with E-state index in [1.807, 2.05) is 17.7 Å². The van der Waals surface area contributed by atoms with Gasteiger partial charge in [-0.25, -0.2) is 4.98 Å². The minimum Gasteiger partial charge on any atom is -0.342 e. The molecule has 0 aliphatic carbocycles. The maximum absolute atomic E-state index is 9.25. The Balaban J connectivity index is 1.54. The Morgan fingerprint density at radius 3 is 2.92 bits per heavy atom. The van der Waals surface area contributed by atoms with Crippen LogP contribution in [0.1, 0.15) is 47.1 Å². The molecule has 1 atom stereocenters. The van der Waals surface area contributed by atoms with Gasteiger partial charge in [0.25, 0.3) is 0 Å². The third kappa shape index (κ3) is 2.91. The summed E-state index contributed by atoms with van der Waals surface area (Å²) in [5.41, 5.74) is 6.63. The molecule has 0 bridgehead atoms. The SMILES string of the molecule is Cc1cccc2[nH]c([C@@H]3CCCN(Cc4cc(C#N)n(C)c4C)C3)nc12. The first-order valence-corrected chi connectivity index (χ1v) is 9.29. The summed E-state index contributed by atoms with van der Waals surface area (Å²) in [6.07, 6.45) is 2.35. The van der Waals surface area contributed by atoms with E-state index in [-0.39, 0.29) is 0 Å². The summed E-state index contributed by atoms with van der Waals surface area (Å²) in [6, 6.07) is 10.6. The van der Waals surface area contributed by atoms with Crippen LogP contribution in [0.2, 0.25) is 0 Å². The number of hydrogen-bond acceptors (Lipinski definition) is 3. The average molecular weight is 347 g/mol. The number of imidazole rings is 1. The third-order valence-electron chi connectivity index (χ3n) is 5.77. The molecule has 4 rings (SSSR count). The maximum Gasteiger partial charge on any atom is 0.120 e. The largest absolute Gasteiger partial charge is 0.342 e. The van der Waals surface area contributed by atoms with Crippen molar-refractivity contribution in [2.75, 3.05) is 13.1 Å². The predicted molar refractivity (Wildman–Crippen MR) is 103 cm³/mol. The lowest BCUT2D eigenvalue weighted by Gasteiger charge is -2.31. The summed E-state index contributed by atoms with van der Waals surface area (Å²) in [4.78, 5) is 10.9. The number of H-pyrrole nitrogens is 1. The van der Waals surface area contributed by atoms with Crippen LogP contribution in [0.3, 0.4) is 0 Å². The lowest BCUT2D eigenvalue weighted by Crippen LogP contribution is -2.34. The second-order valence-electron chi connectivity index (χ2n) is 7.48. The van der Waals surface area contributed by atoms with E-state index in [9.17, 15) is 5.26 Å². The maximum atomic E-state index is 9.25. The van der Waals surface area contributed by atoms with Crippen molar-refractivity contribution in [2.45, 2.75) is 39.2 Å². The standard InChI is InChI=1S/C21H25N5/c1-14-6-4-8-19-20(14)24-21(23-19)16-7-5-9-26(12-16)13-17-10-18(11-22)25(3)15(17)2/h4,6,8,10,16H,5,7,9,12-13H2,1-3H3,(H,23,24)/t16-/m1/s1. The second-order valence-corrected chi connectivity index (χ2v) is 7.48.